The molecule has 144 valence electrons. The fourth-order valence-corrected chi connectivity index (χ4v) is 2.44. The van der Waals surface area contributed by atoms with E-state index in [4.69, 9.17) is 0 Å². The largest absolute Gasteiger partial charge is 0.453 e. The number of para-hydroxylation sites is 1. The SMILES string of the molecule is Cc1ccccc1NS(=O)(=O)C(F)(F)C(F)(F)OC(F)(F)C(F)(F)I. The summed E-state index contributed by atoms with van der Waals surface area (Å²) in [6, 6.07) is 4.69. The van der Waals surface area contributed by atoms with Gasteiger partial charge < -0.3 is 0 Å². The van der Waals surface area contributed by atoms with Gasteiger partial charge in [-0.05, 0) is 18.6 Å². The van der Waals surface area contributed by atoms with Gasteiger partial charge in [-0.25, -0.2) is 4.74 Å². The van der Waals surface area contributed by atoms with Crippen LogP contribution < -0.4 is 4.72 Å². The zero-order valence-electron chi connectivity index (χ0n) is 11.8. The van der Waals surface area contributed by atoms with Crippen molar-refractivity contribution in [2.24, 2.45) is 0 Å². The zero-order valence-corrected chi connectivity index (χ0v) is 14.8. The fourth-order valence-electron chi connectivity index (χ4n) is 1.33. The highest BCUT2D eigenvalue weighted by Gasteiger charge is 2.73. The van der Waals surface area contributed by atoms with Crippen molar-refractivity contribution in [3.05, 3.63) is 29.8 Å². The van der Waals surface area contributed by atoms with Gasteiger partial charge in [-0.1, -0.05) is 18.2 Å². The molecule has 4 nitrogen and oxygen atoms in total. The number of hydrogen-bond donors (Lipinski definition) is 1. The first kappa shape index (κ1) is 22.1. The molecule has 0 aliphatic rings. The molecule has 1 aromatic carbocycles. The van der Waals surface area contributed by atoms with E-state index in [1.54, 1.807) is 0 Å². The summed E-state index contributed by atoms with van der Waals surface area (Å²) < 4.78 is 125. The molecule has 0 fully saturated rings. The van der Waals surface area contributed by atoms with E-state index < -0.39 is 37.1 Å². The molecule has 1 N–H and O–H groups in total. The summed E-state index contributed by atoms with van der Waals surface area (Å²) in [5.74, 6) is 0. The Morgan fingerprint density at radius 3 is 1.88 bits per heavy atom. The van der Waals surface area contributed by atoms with E-state index in [1.165, 1.54) is 25.1 Å². The number of anilines is 1. The average Bonchev–Trinajstić information content (AvgIpc) is 2.38. The molecular formula is C11H8F8INO3S. The minimum Gasteiger partial charge on any atom is -0.278 e. The van der Waals surface area contributed by atoms with Crippen LogP contribution in [0.1, 0.15) is 5.56 Å². The number of ether oxygens (including phenoxy) is 1. The van der Waals surface area contributed by atoms with Crippen molar-refractivity contribution in [1.82, 2.24) is 0 Å². The molecule has 0 atom stereocenters. The summed E-state index contributed by atoms with van der Waals surface area (Å²) in [4.78, 5) is 0. The highest BCUT2D eigenvalue weighted by molar-refractivity contribution is 14.1. The van der Waals surface area contributed by atoms with Gasteiger partial charge in [0.15, 0.2) is 0 Å². The van der Waals surface area contributed by atoms with E-state index in [-0.39, 0.29) is 28.2 Å². The van der Waals surface area contributed by atoms with Crippen LogP contribution in [0.25, 0.3) is 0 Å². The zero-order chi connectivity index (χ0) is 19.9. The van der Waals surface area contributed by atoms with Crippen molar-refractivity contribution in [3.63, 3.8) is 0 Å². The number of nitrogens with one attached hydrogen (secondary N) is 1. The summed E-state index contributed by atoms with van der Waals surface area (Å²) in [5, 5.41) is -6.30. The second-order valence-electron chi connectivity index (χ2n) is 4.57. The topological polar surface area (TPSA) is 55.4 Å². The van der Waals surface area contributed by atoms with Gasteiger partial charge in [0.05, 0.1) is 5.69 Å². The number of hydrogen-bond acceptors (Lipinski definition) is 3. The average molecular weight is 513 g/mol. The molecule has 0 unspecified atom stereocenters. The van der Waals surface area contributed by atoms with E-state index in [1.807, 2.05) is 0 Å². The van der Waals surface area contributed by atoms with Gasteiger partial charge >= 0.3 is 31.4 Å². The summed E-state index contributed by atoms with van der Waals surface area (Å²) in [5.41, 5.74) is -0.515. The number of sulfonamides is 1. The van der Waals surface area contributed by atoms with Crippen molar-refractivity contribution >= 4 is 38.3 Å². The van der Waals surface area contributed by atoms with Crippen LogP contribution in [0.5, 0.6) is 0 Å². The Hall–Kier alpha value is -0.900. The van der Waals surface area contributed by atoms with Gasteiger partial charge in [0, 0.05) is 22.6 Å². The van der Waals surface area contributed by atoms with Crippen LogP contribution in [0.3, 0.4) is 0 Å². The Bertz CT molecular complexity index is 735. The van der Waals surface area contributed by atoms with Gasteiger partial charge in [-0.2, -0.15) is 43.5 Å². The molecule has 0 aliphatic heterocycles. The molecule has 0 amide bonds. The molecule has 1 rings (SSSR count). The number of benzene rings is 1. The molecule has 0 bridgehead atoms. The Morgan fingerprint density at radius 1 is 0.960 bits per heavy atom. The van der Waals surface area contributed by atoms with E-state index in [9.17, 15) is 43.5 Å². The van der Waals surface area contributed by atoms with Gasteiger partial charge in [-0.3, -0.25) is 4.72 Å². The Morgan fingerprint density at radius 2 is 1.44 bits per heavy atom. The van der Waals surface area contributed by atoms with Crippen LogP contribution in [-0.2, 0) is 14.8 Å². The summed E-state index contributed by atoms with van der Waals surface area (Å²) in [6.45, 7) is 1.23. The first-order chi connectivity index (χ1) is 10.9. The smallest absolute Gasteiger partial charge is 0.278 e. The highest BCUT2D eigenvalue weighted by atomic mass is 127. The van der Waals surface area contributed by atoms with E-state index in [0.29, 0.717) is 0 Å². The Kier molecular flexibility index (Phi) is 5.92. The number of alkyl halides is 9. The van der Waals surface area contributed by atoms with Crippen molar-refractivity contribution in [2.45, 2.75) is 28.3 Å². The van der Waals surface area contributed by atoms with Gasteiger partial charge in [0.1, 0.15) is 0 Å². The predicted octanol–water partition coefficient (Wildman–Crippen LogP) is 4.56. The molecule has 25 heavy (non-hydrogen) atoms. The molecule has 0 aliphatic carbocycles. The quantitative estimate of drug-likeness (QED) is 0.331. The second kappa shape index (κ2) is 6.68. The second-order valence-corrected chi connectivity index (χ2v) is 7.65. The van der Waals surface area contributed by atoms with Crippen LogP contribution in [0.4, 0.5) is 40.8 Å². The normalized spacial score (nSPS) is 14.5. The standard InChI is InChI=1S/C11H8F8INO3S/c1-6-4-2-3-5-7(6)21-25(22,23)11(18,19)10(16,17)24-9(14,15)8(12,13)20/h2-5,21H,1H3. The molecule has 0 saturated carbocycles. The number of halogens is 9. The molecule has 0 saturated heterocycles. The molecule has 0 radical (unpaired) electrons. The van der Waals surface area contributed by atoms with Gasteiger partial charge in [0.2, 0.25) is 0 Å². The maximum atomic E-state index is 13.6. The molecular weight excluding hydrogens is 505 g/mol. The molecule has 0 aromatic heterocycles. The highest BCUT2D eigenvalue weighted by Crippen LogP contribution is 2.49. The molecule has 0 spiro atoms. The first-order valence-corrected chi connectivity index (χ1v) is 8.49. The minimum atomic E-state index is -6.47. The van der Waals surface area contributed by atoms with Crippen molar-refractivity contribution in [2.75, 3.05) is 4.72 Å². The maximum Gasteiger partial charge on any atom is 0.453 e. The third-order valence-electron chi connectivity index (χ3n) is 2.65. The third-order valence-corrected chi connectivity index (χ3v) is 4.68. The number of rotatable bonds is 7. The molecule has 1 aromatic rings. The summed E-state index contributed by atoms with van der Waals surface area (Å²) in [7, 11) is -6.35. The van der Waals surface area contributed by atoms with Crippen LogP contribution in [0.15, 0.2) is 24.3 Å². The fraction of sp³-hybridized carbons (Fsp3) is 0.455. The van der Waals surface area contributed by atoms with Crippen LogP contribution in [-0.4, -0.2) is 29.8 Å². The van der Waals surface area contributed by atoms with Crippen molar-refractivity contribution < 1.29 is 48.3 Å². The Labute approximate surface area is 149 Å². The third kappa shape index (κ3) is 4.45. The lowest BCUT2D eigenvalue weighted by Gasteiger charge is -2.30. The van der Waals surface area contributed by atoms with E-state index >= 15 is 0 Å². The monoisotopic (exact) mass is 513 g/mol. The van der Waals surface area contributed by atoms with Crippen molar-refractivity contribution in [1.29, 1.82) is 0 Å². The lowest BCUT2D eigenvalue weighted by Crippen LogP contribution is -2.56. The van der Waals surface area contributed by atoms with Crippen LogP contribution in [0.2, 0.25) is 0 Å². The van der Waals surface area contributed by atoms with Crippen LogP contribution >= 0.6 is 22.6 Å². The lowest BCUT2D eigenvalue weighted by molar-refractivity contribution is -0.438. The van der Waals surface area contributed by atoms with Crippen LogP contribution in [0, 0.1) is 6.92 Å². The Balaban J connectivity index is 3.22. The van der Waals surface area contributed by atoms with Gasteiger partial charge in [-0.15, -0.1) is 0 Å². The van der Waals surface area contributed by atoms with E-state index in [2.05, 4.69) is 4.74 Å². The van der Waals surface area contributed by atoms with E-state index in [0.717, 1.165) is 10.8 Å². The molecule has 0 heterocycles. The van der Waals surface area contributed by atoms with Gasteiger partial charge in [0.25, 0.3) is 0 Å². The first-order valence-electron chi connectivity index (χ1n) is 5.93. The predicted molar refractivity (Wildman–Crippen MR) is 78.6 cm³/mol. The summed E-state index contributed by atoms with van der Waals surface area (Å²) in [6.07, 6.45) is -12.5. The van der Waals surface area contributed by atoms with Crippen molar-refractivity contribution in [3.8, 4) is 0 Å². The summed E-state index contributed by atoms with van der Waals surface area (Å²) >= 11 is -0.320. The molecule has 14 heteroatoms. The maximum absolute atomic E-state index is 13.6. The number of aryl methyl sites for hydroxylation is 1. The lowest BCUT2D eigenvalue weighted by atomic mass is 10.2. The minimum absolute atomic E-state index is 0.0373.